The number of nitrogens with one attached hydrogen (secondary N) is 1. The quantitative estimate of drug-likeness (QED) is 0.732. The molecule has 3 rings (SSSR count). The van der Waals surface area contributed by atoms with Crippen LogP contribution in [0.5, 0.6) is 0 Å². The monoisotopic (exact) mass is 390 g/mol. The lowest BCUT2D eigenvalue weighted by atomic mass is 10.2. The maximum Gasteiger partial charge on any atom is 0.290 e. The van der Waals surface area contributed by atoms with Gasteiger partial charge >= 0.3 is 0 Å². The molecule has 8 heteroatoms. The van der Waals surface area contributed by atoms with Gasteiger partial charge in [-0.3, -0.25) is 4.79 Å². The third kappa shape index (κ3) is 5.51. The molecule has 0 radical (unpaired) electrons. The molecule has 2 heterocycles. The topological polar surface area (TPSA) is 66.3 Å². The average Bonchev–Trinajstić information content (AvgIpc) is 3.05. The third-order valence-corrected chi connectivity index (χ3v) is 5.08. The summed E-state index contributed by atoms with van der Waals surface area (Å²) < 4.78 is 1.65. The van der Waals surface area contributed by atoms with E-state index >= 15 is 0 Å². The number of carbonyl (C=O) groups is 1. The Morgan fingerprint density at radius 3 is 2.56 bits per heavy atom. The van der Waals surface area contributed by atoms with Gasteiger partial charge in [0, 0.05) is 37.7 Å². The number of hydrogen-bond donors (Lipinski definition) is 1. The Morgan fingerprint density at radius 2 is 1.85 bits per heavy atom. The van der Waals surface area contributed by atoms with Crippen LogP contribution in [0.4, 0.5) is 0 Å². The Bertz CT molecular complexity index is 752. The van der Waals surface area contributed by atoms with Crippen molar-refractivity contribution in [2.45, 2.75) is 19.8 Å². The molecule has 0 aliphatic carbocycles. The summed E-state index contributed by atoms with van der Waals surface area (Å²) in [7, 11) is 2.16. The van der Waals surface area contributed by atoms with E-state index in [-0.39, 0.29) is 11.7 Å². The van der Waals surface area contributed by atoms with Crippen LogP contribution in [-0.2, 0) is 0 Å². The van der Waals surface area contributed by atoms with Crippen LogP contribution in [0.2, 0.25) is 5.02 Å². The Hall–Kier alpha value is -1.96. The van der Waals surface area contributed by atoms with Gasteiger partial charge in [-0.15, -0.1) is 5.10 Å². The van der Waals surface area contributed by atoms with Gasteiger partial charge in [0.2, 0.25) is 5.82 Å². The normalized spacial score (nSPS) is 15.8. The fourth-order valence-electron chi connectivity index (χ4n) is 3.13. The minimum Gasteiger partial charge on any atom is -0.349 e. The lowest BCUT2D eigenvalue weighted by molar-refractivity contribution is 0.0941. The highest BCUT2D eigenvalue weighted by Crippen LogP contribution is 2.14. The Morgan fingerprint density at radius 1 is 1.15 bits per heavy atom. The number of likely N-dealkylation sites (N-methyl/N-ethyl adjacent to an activating group) is 1. The number of rotatable bonds is 7. The van der Waals surface area contributed by atoms with E-state index in [1.807, 2.05) is 19.1 Å². The van der Waals surface area contributed by atoms with Crippen LogP contribution < -0.4 is 5.32 Å². The van der Waals surface area contributed by atoms with Gasteiger partial charge in [-0.2, -0.15) is 0 Å². The van der Waals surface area contributed by atoms with Crippen molar-refractivity contribution in [3.05, 3.63) is 40.9 Å². The number of aryl methyl sites for hydroxylation is 1. The van der Waals surface area contributed by atoms with Crippen LogP contribution in [-0.4, -0.2) is 76.8 Å². The second-order valence-electron chi connectivity index (χ2n) is 6.98. The van der Waals surface area contributed by atoms with Crippen LogP contribution in [0.3, 0.4) is 0 Å². The van der Waals surface area contributed by atoms with Crippen molar-refractivity contribution in [2.75, 3.05) is 46.3 Å². The molecular weight excluding hydrogens is 364 g/mol. The Kier molecular flexibility index (Phi) is 6.82. The summed E-state index contributed by atoms with van der Waals surface area (Å²) in [5.41, 5.74) is 0.829. The molecule has 1 saturated heterocycles. The first-order chi connectivity index (χ1) is 13.0. The smallest absolute Gasteiger partial charge is 0.290 e. The molecule has 1 aliphatic heterocycles. The Labute approximate surface area is 165 Å². The summed E-state index contributed by atoms with van der Waals surface area (Å²) >= 11 is 5.92. The first-order valence-electron chi connectivity index (χ1n) is 9.41. The van der Waals surface area contributed by atoms with E-state index in [9.17, 15) is 4.79 Å². The highest BCUT2D eigenvalue weighted by Gasteiger charge is 2.15. The number of piperazine rings is 1. The van der Waals surface area contributed by atoms with Gasteiger partial charge in [0.15, 0.2) is 0 Å². The fourth-order valence-corrected chi connectivity index (χ4v) is 3.25. The van der Waals surface area contributed by atoms with Gasteiger partial charge in [-0.1, -0.05) is 11.6 Å². The van der Waals surface area contributed by atoms with Gasteiger partial charge in [0.05, 0.1) is 5.69 Å². The fraction of sp³-hybridized carbons (Fsp3) is 0.526. The third-order valence-electron chi connectivity index (χ3n) is 4.83. The average molecular weight is 391 g/mol. The van der Waals surface area contributed by atoms with Crippen LogP contribution in [0.15, 0.2) is 24.3 Å². The van der Waals surface area contributed by atoms with Gasteiger partial charge < -0.3 is 15.1 Å². The molecule has 0 saturated carbocycles. The molecule has 0 unspecified atom stereocenters. The Balaban J connectivity index is 1.43. The number of unbranched alkanes of at least 4 members (excludes halogenated alkanes) is 1. The SMILES string of the molecule is Cc1nc(C(=O)NCCCCN2CCN(C)CC2)nn1-c1ccc(Cl)cc1. The summed E-state index contributed by atoms with van der Waals surface area (Å²) in [6, 6.07) is 7.28. The number of amides is 1. The number of benzene rings is 1. The summed E-state index contributed by atoms with van der Waals surface area (Å²) in [4.78, 5) is 21.4. The van der Waals surface area contributed by atoms with Crippen LogP contribution >= 0.6 is 11.6 Å². The summed E-state index contributed by atoms with van der Waals surface area (Å²) in [6.07, 6.45) is 2.03. The largest absolute Gasteiger partial charge is 0.349 e. The summed E-state index contributed by atoms with van der Waals surface area (Å²) in [6.45, 7) is 8.10. The van der Waals surface area contributed by atoms with Crippen LogP contribution in [0, 0.1) is 6.92 Å². The maximum absolute atomic E-state index is 12.3. The number of carbonyl (C=O) groups excluding carboxylic acids is 1. The molecular formula is C19H27ClN6O. The molecule has 0 atom stereocenters. The van der Waals surface area contributed by atoms with Crippen molar-refractivity contribution in [2.24, 2.45) is 0 Å². The number of nitrogens with zero attached hydrogens (tertiary/aromatic N) is 5. The number of aromatic nitrogens is 3. The van der Waals surface area contributed by atoms with Crippen molar-refractivity contribution in [3.8, 4) is 5.69 Å². The zero-order valence-corrected chi connectivity index (χ0v) is 16.7. The molecule has 1 N–H and O–H groups in total. The van der Waals surface area contributed by atoms with Crippen molar-refractivity contribution >= 4 is 17.5 Å². The molecule has 27 heavy (non-hydrogen) atoms. The first-order valence-corrected chi connectivity index (χ1v) is 9.79. The van der Waals surface area contributed by atoms with E-state index in [1.165, 1.54) is 0 Å². The molecule has 1 aromatic heterocycles. The van der Waals surface area contributed by atoms with E-state index in [1.54, 1.807) is 16.8 Å². The molecule has 1 amide bonds. The van der Waals surface area contributed by atoms with E-state index in [2.05, 4.69) is 32.2 Å². The second kappa shape index (κ2) is 9.30. The highest BCUT2D eigenvalue weighted by atomic mass is 35.5. The van der Waals surface area contributed by atoms with Gasteiger partial charge in [0.1, 0.15) is 5.82 Å². The van der Waals surface area contributed by atoms with Crippen LogP contribution in [0.25, 0.3) is 5.69 Å². The van der Waals surface area contributed by atoms with Crippen molar-refractivity contribution in [1.82, 2.24) is 29.9 Å². The molecule has 1 fully saturated rings. The molecule has 1 aromatic carbocycles. The predicted molar refractivity (Wildman–Crippen MR) is 107 cm³/mol. The number of hydrogen-bond acceptors (Lipinski definition) is 5. The zero-order valence-electron chi connectivity index (χ0n) is 16.0. The second-order valence-corrected chi connectivity index (χ2v) is 7.42. The molecule has 0 bridgehead atoms. The molecule has 7 nitrogen and oxygen atoms in total. The summed E-state index contributed by atoms with van der Waals surface area (Å²) in [5.74, 6) is 0.629. The maximum atomic E-state index is 12.3. The van der Waals surface area contributed by atoms with Crippen LogP contribution in [0.1, 0.15) is 29.3 Å². The predicted octanol–water partition coefficient (Wildman–Crippen LogP) is 1.99. The molecule has 2 aromatic rings. The lowest BCUT2D eigenvalue weighted by Gasteiger charge is -2.32. The number of halogens is 1. The minimum atomic E-state index is -0.231. The van der Waals surface area contributed by atoms with Crippen molar-refractivity contribution in [1.29, 1.82) is 0 Å². The molecule has 1 aliphatic rings. The van der Waals surface area contributed by atoms with E-state index in [0.29, 0.717) is 17.4 Å². The molecule has 146 valence electrons. The van der Waals surface area contributed by atoms with E-state index < -0.39 is 0 Å². The summed E-state index contributed by atoms with van der Waals surface area (Å²) in [5, 5.41) is 7.90. The molecule has 0 spiro atoms. The minimum absolute atomic E-state index is 0.196. The van der Waals surface area contributed by atoms with Gasteiger partial charge in [-0.25, -0.2) is 9.67 Å². The van der Waals surface area contributed by atoms with Gasteiger partial charge in [-0.05, 0) is 57.6 Å². The zero-order chi connectivity index (χ0) is 19.2. The van der Waals surface area contributed by atoms with Crippen molar-refractivity contribution in [3.63, 3.8) is 0 Å². The highest BCUT2D eigenvalue weighted by molar-refractivity contribution is 6.30. The van der Waals surface area contributed by atoms with E-state index in [0.717, 1.165) is 51.3 Å². The standard InChI is InChI=1S/C19H27ClN6O/c1-15-22-18(23-26(15)17-7-5-16(20)6-8-17)19(27)21-9-3-4-10-25-13-11-24(2)12-14-25/h5-8H,3-4,9-14H2,1-2H3,(H,21,27). The van der Waals surface area contributed by atoms with Gasteiger partial charge in [0.25, 0.3) is 5.91 Å². The first kappa shape index (κ1) is 19.8. The lowest BCUT2D eigenvalue weighted by Crippen LogP contribution is -2.44. The van der Waals surface area contributed by atoms with E-state index in [4.69, 9.17) is 11.6 Å². The van der Waals surface area contributed by atoms with Crippen molar-refractivity contribution < 1.29 is 4.79 Å².